The summed E-state index contributed by atoms with van der Waals surface area (Å²) in [7, 11) is 1.97. The minimum Gasteiger partial charge on any atom is -0.318 e. The molecule has 0 fully saturated rings. The summed E-state index contributed by atoms with van der Waals surface area (Å²) in [6.07, 6.45) is 1.05. The highest BCUT2D eigenvalue weighted by Gasteiger charge is 2.14. The number of likely N-dealkylation sites (N-methyl/N-ethyl adjacent to an activating group) is 1. The average molecular weight is 247 g/mol. The standard InChI is InChI=1S/C11H19ClN2S/c1-11(2,8-13-3)14-7-6-9-4-5-10(12)15-9/h4-5,13-14H,6-8H2,1-3H3. The van der Waals surface area contributed by atoms with Crippen molar-refractivity contribution >= 4 is 22.9 Å². The van der Waals surface area contributed by atoms with Crippen molar-refractivity contribution in [3.05, 3.63) is 21.3 Å². The van der Waals surface area contributed by atoms with Crippen molar-refractivity contribution in [1.82, 2.24) is 10.6 Å². The molecule has 2 nitrogen and oxygen atoms in total. The van der Waals surface area contributed by atoms with Crippen molar-refractivity contribution in [2.45, 2.75) is 25.8 Å². The fourth-order valence-corrected chi connectivity index (χ4v) is 2.60. The molecule has 0 saturated heterocycles. The Morgan fingerprint density at radius 1 is 1.40 bits per heavy atom. The molecular formula is C11H19ClN2S. The van der Waals surface area contributed by atoms with Crippen LogP contribution >= 0.6 is 22.9 Å². The van der Waals surface area contributed by atoms with Gasteiger partial charge in [0.1, 0.15) is 0 Å². The van der Waals surface area contributed by atoms with E-state index in [0.717, 1.165) is 23.8 Å². The van der Waals surface area contributed by atoms with Gasteiger partial charge in [-0.05, 0) is 39.4 Å². The van der Waals surface area contributed by atoms with Crippen LogP contribution in [0.25, 0.3) is 0 Å². The zero-order valence-corrected chi connectivity index (χ0v) is 11.1. The molecule has 2 N–H and O–H groups in total. The molecule has 0 spiro atoms. The highest BCUT2D eigenvalue weighted by Crippen LogP contribution is 2.21. The van der Waals surface area contributed by atoms with Gasteiger partial charge in [-0.2, -0.15) is 0 Å². The lowest BCUT2D eigenvalue weighted by Gasteiger charge is -2.25. The van der Waals surface area contributed by atoms with E-state index in [9.17, 15) is 0 Å². The van der Waals surface area contributed by atoms with Crippen LogP contribution in [0, 0.1) is 0 Å². The fourth-order valence-electron chi connectivity index (χ4n) is 1.51. The number of halogens is 1. The molecule has 86 valence electrons. The Hall–Kier alpha value is -0.0900. The molecule has 0 aromatic carbocycles. The molecular weight excluding hydrogens is 228 g/mol. The molecule has 4 heteroatoms. The van der Waals surface area contributed by atoms with Crippen LogP contribution in [0.1, 0.15) is 18.7 Å². The van der Waals surface area contributed by atoms with Gasteiger partial charge in [0, 0.05) is 23.5 Å². The second kappa shape index (κ2) is 5.85. The minimum atomic E-state index is 0.149. The highest BCUT2D eigenvalue weighted by atomic mass is 35.5. The van der Waals surface area contributed by atoms with Crippen molar-refractivity contribution < 1.29 is 0 Å². The molecule has 15 heavy (non-hydrogen) atoms. The number of hydrogen-bond donors (Lipinski definition) is 2. The number of hydrogen-bond acceptors (Lipinski definition) is 3. The smallest absolute Gasteiger partial charge is 0.0931 e. The van der Waals surface area contributed by atoms with E-state index in [1.807, 2.05) is 13.1 Å². The van der Waals surface area contributed by atoms with E-state index < -0.39 is 0 Å². The summed E-state index contributed by atoms with van der Waals surface area (Å²) in [5.74, 6) is 0. The first kappa shape index (κ1) is 13.0. The maximum atomic E-state index is 5.87. The predicted octanol–water partition coefficient (Wildman–Crippen LogP) is 2.53. The Morgan fingerprint density at radius 3 is 2.67 bits per heavy atom. The summed E-state index contributed by atoms with van der Waals surface area (Å²) < 4.78 is 0.875. The molecule has 0 bridgehead atoms. The Kier molecular flexibility index (Phi) is 5.06. The predicted molar refractivity (Wildman–Crippen MR) is 69.0 cm³/mol. The maximum absolute atomic E-state index is 5.87. The summed E-state index contributed by atoms with van der Waals surface area (Å²) in [6.45, 7) is 6.36. The molecule has 0 radical (unpaired) electrons. The van der Waals surface area contributed by atoms with Gasteiger partial charge in [0.15, 0.2) is 0 Å². The summed E-state index contributed by atoms with van der Waals surface area (Å²) in [4.78, 5) is 1.34. The molecule has 0 amide bonds. The van der Waals surface area contributed by atoms with Gasteiger partial charge in [0.2, 0.25) is 0 Å². The van der Waals surface area contributed by atoms with Gasteiger partial charge in [-0.1, -0.05) is 11.6 Å². The van der Waals surface area contributed by atoms with Gasteiger partial charge in [-0.25, -0.2) is 0 Å². The quantitative estimate of drug-likeness (QED) is 0.806. The second-order valence-corrected chi connectivity index (χ2v) is 6.10. The van der Waals surface area contributed by atoms with Crippen molar-refractivity contribution in [2.24, 2.45) is 0 Å². The average Bonchev–Trinajstić information content (AvgIpc) is 2.51. The first-order chi connectivity index (χ1) is 7.03. The van der Waals surface area contributed by atoms with Crippen LogP contribution in [-0.2, 0) is 6.42 Å². The molecule has 0 aliphatic carbocycles. The molecule has 0 aliphatic heterocycles. The van der Waals surface area contributed by atoms with E-state index in [1.165, 1.54) is 4.88 Å². The van der Waals surface area contributed by atoms with Crippen molar-refractivity contribution in [2.75, 3.05) is 20.1 Å². The van der Waals surface area contributed by atoms with Crippen LogP contribution in [0.4, 0.5) is 0 Å². The first-order valence-corrected chi connectivity index (χ1v) is 6.37. The normalized spacial score (nSPS) is 12.0. The first-order valence-electron chi connectivity index (χ1n) is 5.17. The summed E-state index contributed by atoms with van der Waals surface area (Å²) in [6, 6.07) is 4.06. The maximum Gasteiger partial charge on any atom is 0.0931 e. The van der Waals surface area contributed by atoms with E-state index in [4.69, 9.17) is 11.6 Å². The third kappa shape index (κ3) is 4.98. The van der Waals surface area contributed by atoms with Crippen LogP contribution in [0.5, 0.6) is 0 Å². The van der Waals surface area contributed by atoms with E-state index in [-0.39, 0.29) is 5.54 Å². The Labute approximate surface area is 101 Å². The van der Waals surface area contributed by atoms with Crippen LogP contribution in [0.15, 0.2) is 12.1 Å². The zero-order valence-electron chi connectivity index (χ0n) is 9.56. The minimum absolute atomic E-state index is 0.149. The second-order valence-electron chi connectivity index (χ2n) is 4.30. The SMILES string of the molecule is CNCC(C)(C)NCCc1ccc(Cl)s1. The summed E-state index contributed by atoms with van der Waals surface area (Å²) >= 11 is 7.53. The van der Waals surface area contributed by atoms with Gasteiger partial charge >= 0.3 is 0 Å². The van der Waals surface area contributed by atoms with Crippen molar-refractivity contribution in [3.8, 4) is 0 Å². The molecule has 1 aromatic rings. The van der Waals surface area contributed by atoms with Crippen LogP contribution < -0.4 is 10.6 Å². The van der Waals surface area contributed by atoms with Crippen molar-refractivity contribution in [1.29, 1.82) is 0 Å². The van der Waals surface area contributed by atoms with Crippen LogP contribution in [0.2, 0.25) is 4.34 Å². The fraction of sp³-hybridized carbons (Fsp3) is 0.636. The topological polar surface area (TPSA) is 24.1 Å². The number of nitrogens with one attached hydrogen (secondary N) is 2. The Morgan fingerprint density at radius 2 is 2.13 bits per heavy atom. The molecule has 0 atom stereocenters. The van der Waals surface area contributed by atoms with E-state index in [1.54, 1.807) is 11.3 Å². The number of rotatable bonds is 6. The third-order valence-electron chi connectivity index (χ3n) is 2.22. The monoisotopic (exact) mass is 246 g/mol. The van der Waals surface area contributed by atoms with Gasteiger partial charge in [0.25, 0.3) is 0 Å². The van der Waals surface area contributed by atoms with E-state index in [0.29, 0.717) is 0 Å². The Balaban J connectivity index is 2.27. The van der Waals surface area contributed by atoms with Gasteiger partial charge in [-0.3, -0.25) is 0 Å². The molecule has 1 rings (SSSR count). The van der Waals surface area contributed by atoms with E-state index >= 15 is 0 Å². The molecule has 0 unspecified atom stereocenters. The highest BCUT2D eigenvalue weighted by molar-refractivity contribution is 7.16. The molecule has 0 aliphatic rings. The molecule has 0 saturated carbocycles. The van der Waals surface area contributed by atoms with Gasteiger partial charge in [0.05, 0.1) is 4.34 Å². The van der Waals surface area contributed by atoms with Gasteiger partial charge < -0.3 is 10.6 Å². The van der Waals surface area contributed by atoms with Crippen molar-refractivity contribution in [3.63, 3.8) is 0 Å². The molecule has 1 heterocycles. The summed E-state index contributed by atoms with van der Waals surface area (Å²) in [5, 5.41) is 6.70. The largest absolute Gasteiger partial charge is 0.318 e. The van der Waals surface area contributed by atoms with Gasteiger partial charge in [-0.15, -0.1) is 11.3 Å². The van der Waals surface area contributed by atoms with E-state index in [2.05, 4.69) is 30.5 Å². The lowest BCUT2D eigenvalue weighted by Crippen LogP contribution is -2.47. The number of thiophene rings is 1. The lowest BCUT2D eigenvalue weighted by atomic mass is 10.1. The van der Waals surface area contributed by atoms with Crippen LogP contribution in [-0.4, -0.2) is 25.7 Å². The summed E-state index contributed by atoms with van der Waals surface area (Å²) in [5.41, 5.74) is 0.149. The van der Waals surface area contributed by atoms with Crippen LogP contribution in [0.3, 0.4) is 0 Å². The third-order valence-corrected chi connectivity index (χ3v) is 3.51. The lowest BCUT2D eigenvalue weighted by molar-refractivity contribution is 0.379. The molecule has 1 aromatic heterocycles. The zero-order chi connectivity index (χ0) is 11.3. The Bertz CT molecular complexity index is 297.